The summed E-state index contributed by atoms with van der Waals surface area (Å²) in [5.41, 5.74) is 0. The van der Waals surface area contributed by atoms with Gasteiger partial charge in [0.2, 0.25) is 0 Å². The Hall–Kier alpha value is -2.45. The van der Waals surface area contributed by atoms with Crippen molar-refractivity contribution >= 4 is 30.5 Å². The molecule has 0 spiro atoms. The Balaban J connectivity index is 1.60. The van der Waals surface area contributed by atoms with Crippen LogP contribution in [0.1, 0.15) is 19.3 Å². The van der Waals surface area contributed by atoms with Crippen LogP contribution in [-0.4, -0.2) is 40.4 Å². The molecule has 2 aliphatic rings. The highest BCUT2D eigenvalue weighted by Crippen LogP contribution is 2.71. The molecule has 2 saturated carbocycles. The molecule has 0 aromatic heterocycles. The first-order valence-corrected chi connectivity index (χ1v) is 17.6. The molecule has 0 N–H and O–H groups in total. The summed E-state index contributed by atoms with van der Waals surface area (Å²) in [4.78, 5) is 0.630. The first-order chi connectivity index (χ1) is 19.2. The van der Waals surface area contributed by atoms with Crippen molar-refractivity contribution in [3.63, 3.8) is 0 Å². The van der Waals surface area contributed by atoms with Crippen molar-refractivity contribution < 1.29 is 42.2 Å². The minimum absolute atomic E-state index is 0.0324. The zero-order chi connectivity index (χ0) is 29.7. The van der Waals surface area contributed by atoms with Gasteiger partial charge in [-0.25, -0.2) is 3.63 Å². The molecule has 6 nitrogen and oxygen atoms in total. The van der Waals surface area contributed by atoms with Gasteiger partial charge in [0.25, 0.3) is 10.1 Å². The van der Waals surface area contributed by atoms with Crippen molar-refractivity contribution in [2.24, 2.45) is 17.8 Å². The second-order valence-corrected chi connectivity index (χ2v) is 16.4. The second-order valence-electron chi connectivity index (χ2n) is 10.3. The lowest BCUT2D eigenvalue weighted by Gasteiger charge is -2.42. The standard InChI is InChI=1S/C28H28F4O6S3/c1-39(33,34)37-26-19-20-17-24(26)25(18-20)27(29,30)28(31,32)41(35,36)38-40(21-11-5-2-6-12-21,22-13-7-3-8-14-22)23-15-9-4-10-16-23/h2-16,20,24-26H,17-19H2,1H3. The molecular formula is C28H28F4O6S3. The van der Waals surface area contributed by atoms with E-state index in [-0.39, 0.29) is 33.9 Å². The van der Waals surface area contributed by atoms with Gasteiger partial charge in [0, 0.05) is 20.6 Å². The molecule has 2 bridgehead atoms. The van der Waals surface area contributed by atoms with E-state index in [1.165, 1.54) is 36.4 Å². The summed E-state index contributed by atoms with van der Waals surface area (Å²) in [6.07, 6.45) is -0.729. The van der Waals surface area contributed by atoms with E-state index < -0.39 is 65.6 Å². The first-order valence-electron chi connectivity index (χ1n) is 12.8. The third kappa shape index (κ3) is 5.31. The predicted molar refractivity (Wildman–Crippen MR) is 146 cm³/mol. The van der Waals surface area contributed by atoms with Gasteiger partial charge in [-0.05, 0) is 77.8 Å². The van der Waals surface area contributed by atoms with Crippen LogP contribution in [-0.2, 0) is 28.0 Å². The molecule has 41 heavy (non-hydrogen) atoms. The molecule has 3 aromatic rings. The van der Waals surface area contributed by atoms with Crippen LogP contribution in [0.2, 0.25) is 0 Å². The van der Waals surface area contributed by atoms with E-state index in [2.05, 4.69) is 0 Å². The zero-order valence-corrected chi connectivity index (χ0v) is 24.2. The maximum absolute atomic E-state index is 15.9. The van der Waals surface area contributed by atoms with Crippen molar-refractivity contribution in [3.8, 4) is 0 Å². The fourth-order valence-corrected chi connectivity index (χ4v) is 11.9. The number of hydrogen-bond donors (Lipinski definition) is 0. The molecule has 0 heterocycles. The number of benzene rings is 3. The maximum Gasteiger partial charge on any atom is 0.432 e. The molecule has 4 atom stereocenters. The summed E-state index contributed by atoms with van der Waals surface area (Å²) >= 11 is 0. The SMILES string of the molecule is CS(=O)(=O)OC1CC2CC1C(C(F)(F)C(F)(F)S(=O)(=O)OS(c1ccccc1)(c1ccccc1)c1ccccc1)C2. The van der Waals surface area contributed by atoms with Crippen molar-refractivity contribution in [1.29, 1.82) is 0 Å². The predicted octanol–water partition coefficient (Wildman–Crippen LogP) is 6.85. The molecule has 5 rings (SSSR count). The topological polar surface area (TPSA) is 86.7 Å². The monoisotopic (exact) mass is 632 g/mol. The Morgan fingerprint density at radius 2 is 1.12 bits per heavy atom. The lowest BCUT2D eigenvalue weighted by Crippen LogP contribution is -2.54. The second kappa shape index (κ2) is 10.7. The molecule has 0 saturated heterocycles. The summed E-state index contributed by atoms with van der Waals surface area (Å²) in [5.74, 6) is -8.97. The lowest BCUT2D eigenvalue weighted by molar-refractivity contribution is -0.207. The Kier molecular flexibility index (Phi) is 7.82. The van der Waals surface area contributed by atoms with Crippen LogP contribution in [0.5, 0.6) is 0 Å². The molecule has 0 radical (unpaired) electrons. The Morgan fingerprint density at radius 1 is 0.683 bits per heavy atom. The van der Waals surface area contributed by atoms with Gasteiger partial charge in [0.15, 0.2) is 0 Å². The Bertz CT molecular complexity index is 1490. The summed E-state index contributed by atoms with van der Waals surface area (Å²) in [7, 11) is -13.9. The molecule has 0 amide bonds. The molecule has 4 unspecified atom stereocenters. The van der Waals surface area contributed by atoms with Gasteiger partial charge in [0.05, 0.1) is 12.4 Å². The average Bonchev–Trinajstić information content (AvgIpc) is 3.53. The number of rotatable bonds is 10. The van der Waals surface area contributed by atoms with Gasteiger partial charge in [-0.15, -0.1) is 0 Å². The minimum atomic E-state index is -6.33. The largest absolute Gasteiger partial charge is 0.432 e. The molecule has 0 aliphatic heterocycles. The fraction of sp³-hybridized carbons (Fsp3) is 0.357. The van der Waals surface area contributed by atoms with E-state index in [1.54, 1.807) is 54.6 Å². The third-order valence-electron chi connectivity index (χ3n) is 7.64. The van der Waals surface area contributed by atoms with E-state index in [0.717, 1.165) is 6.26 Å². The van der Waals surface area contributed by atoms with Crippen LogP contribution >= 0.6 is 10.3 Å². The number of hydrogen-bond acceptors (Lipinski definition) is 6. The summed E-state index contributed by atoms with van der Waals surface area (Å²) in [6, 6.07) is 23.4. The van der Waals surface area contributed by atoms with Crippen LogP contribution in [0.15, 0.2) is 106 Å². The van der Waals surface area contributed by atoms with Crippen molar-refractivity contribution in [2.45, 2.75) is 51.2 Å². The average molecular weight is 633 g/mol. The van der Waals surface area contributed by atoms with Crippen LogP contribution in [0.4, 0.5) is 17.6 Å². The van der Waals surface area contributed by atoms with Crippen molar-refractivity contribution in [2.75, 3.05) is 6.26 Å². The molecule has 2 aliphatic carbocycles. The molecule has 222 valence electrons. The minimum Gasteiger partial charge on any atom is -0.267 e. The summed E-state index contributed by atoms with van der Waals surface area (Å²) in [6.45, 7) is 0. The highest BCUT2D eigenvalue weighted by molar-refractivity contribution is 8.33. The van der Waals surface area contributed by atoms with Gasteiger partial charge in [-0.3, -0.25) is 4.18 Å². The highest BCUT2D eigenvalue weighted by atomic mass is 32.3. The van der Waals surface area contributed by atoms with Crippen molar-refractivity contribution in [3.05, 3.63) is 91.0 Å². The number of halogens is 4. The van der Waals surface area contributed by atoms with Gasteiger partial charge in [0.1, 0.15) is 0 Å². The molecular weight excluding hydrogens is 604 g/mol. The van der Waals surface area contributed by atoms with Gasteiger partial charge in [-0.1, -0.05) is 54.6 Å². The number of alkyl halides is 4. The highest BCUT2D eigenvalue weighted by Gasteiger charge is 2.74. The summed E-state index contributed by atoms with van der Waals surface area (Å²) < 4.78 is 124. The van der Waals surface area contributed by atoms with Crippen molar-refractivity contribution in [1.82, 2.24) is 0 Å². The smallest absolute Gasteiger partial charge is 0.267 e. The summed E-state index contributed by atoms with van der Waals surface area (Å²) in [5, 5.41) is -5.65. The maximum atomic E-state index is 15.9. The quantitative estimate of drug-likeness (QED) is 0.180. The third-order valence-corrected chi connectivity index (χ3v) is 13.5. The van der Waals surface area contributed by atoms with E-state index in [0.29, 0.717) is 0 Å². The fourth-order valence-electron chi connectivity index (χ4n) is 5.96. The normalized spacial score (nSPS) is 23.9. The molecule has 13 heteroatoms. The first kappa shape index (κ1) is 30.0. The van der Waals surface area contributed by atoms with Gasteiger partial charge in [-0.2, -0.15) is 34.4 Å². The van der Waals surface area contributed by atoms with E-state index in [1.807, 2.05) is 0 Å². The zero-order valence-electron chi connectivity index (χ0n) is 21.8. The van der Waals surface area contributed by atoms with E-state index in [4.69, 9.17) is 7.81 Å². The Morgan fingerprint density at radius 3 is 1.51 bits per heavy atom. The van der Waals surface area contributed by atoms with E-state index in [9.17, 15) is 16.8 Å². The molecule has 2 fully saturated rings. The van der Waals surface area contributed by atoms with Gasteiger partial charge >= 0.3 is 21.3 Å². The van der Waals surface area contributed by atoms with Crippen LogP contribution in [0.25, 0.3) is 0 Å². The van der Waals surface area contributed by atoms with Gasteiger partial charge < -0.3 is 0 Å². The van der Waals surface area contributed by atoms with Crippen LogP contribution < -0.4 is 0 Å². The van der Waals surface area contributed by atoms with Crippen LogP contribution in [0.3, 0.4) is 0 Å². The van der Waals surface area contributed by atoms with Crippen LogP contribution in [0, 0.1) is 17.8 Å². The van der Waals surface area contributed by atoms with E-state index >= 15 is 17.6 Å². The Labute approximate surface area is 238 Å². The number of fused-ring (bicyclic) bond motifs is 2. The lowest BCUT2D eigenvalue weighted by atomic mass is 9.82. The molecule has 3 aromatic carbocycles.